The van der Waals surface area contributed by atoms with Crippen molar-refractivity contribution < 1.29 is 5.11 Å². The van der Waals surface area contributed by atoms with Crippen LogP contribution in [0.3, 0.4) is 0 Å². The van der Waals surface area contributed by atoms with E-state index in [-0.39, 0.29) is 6.61 Å². The third kappa shape index (κ3) is 3.00. The van der Waals surface area contributed by atoms with Crippen molar-refractivity contribution in [1.82, 2.24) is 4.98 Å². The molecule has 0 aliphatic rings. The second kappa shape index (κ2) is 5.54. The molecular weight excluding hydrogens is 254 g/mol. The number of aryl methyl sites for hydroxylation is 1. The highest BCUT2D eigenvalue weighted by atomic mass is 35.5. The molecule has 0 amide bonds. The second-order valence-electron chi connectivity index (χ2n) is 3.64. The van der Waals surface area contributed by atoms with Crippen LogP contribution in [0.2, 0.25) is 5.02 Å². The molecule has 0 fully saturated rings. The quantitative estimate of drug-likeness (QED) is 0.919. The first-order valence-electron chi connectivity index (χ1n) is 5.19. The molecule has 4 heteroatoms. The number of rotatable bonds is 3. The Labute approximate surface area is 110 Å². The van der Waals surface area contributed by atoms with Crippen LogP contribution in [0, 0.1) is 6.92 Å². The molecule has 88 valence electrons. The molecule has 0 saturated heterocycles. The van der Waals surface area contributed by atoms with Gasteiger partial charge in [-0.1, -0.05) is 29.4 Å². The minimum absolute atomic E-state index is 0.0706. The van der Waals surface area contributed by atoms with Gasteiger partial charge < -0.3 is 5.11 Å². The van der Waals surface area contributed by atoms with Crippen molar-refractivity contribution in [2.24, 2.45) is 0 Å². The van der Waals surface area contributed by atoms with Crippen LogP contribution in [0.25, 0.3) is 0 Å². The molecule has 2 aromatic rings. The van der Waals surface area contributed by atoms with E-state index in [4.69, 9.17) is 16.7 Å². The lowest BCUT2D eigenvalue weighted by atomic mass is 10.1. The Balaban J connectivity index is 2.25. The summed E-state index contributed by atoms with van der Waals surface area (Å²) in [6.07, 6.45) is 1.73. The monoisotopic (exact) mass is 265 g/mol. The summed E-state index contributed by atoms with van der Waals surface area (Å²) in [6, 6.07) is 9.56. The van der Waals surface area contributed by atoms with Crippen LogP contribution in [0.1, 0.15) is 11.1 Å². The molecule has 2 nitrogen and oxygen atoms in total. The molecule has 0 spiro atoms. The molecule has 0 atom stereocenters. The summed E-state index contributed by atoms with van der Waals surface area (Å²) in [7, 11) is 0. The first-order valence-corrected chi connectivity index (χ1v) is 6.39. The molecular formula is C13H12ClNOS. The minimum Gasteiger partial charge on any atom is -0.392 e. The average molecular weight is 266 g/mol. The number of hydrogen-bond acceptors (Lipinski definition) is 3. The lowest BCUT2D eigenvalue weighted by molar-refractivity contribution is 0.281. The Kier molecular flexibility index (Phi) is 4.05. The largest absolute Gasteiger partial charge is 0.392 e. The first-order chi connectivity index (χ1) is 8.20. The predicted octanol–water partition coefficient (Wildman–Crippen LogP) is 3.69. The Bertz CT molecular complexity index is 531. The SMILES string of the molecule is Cc1cc(Sc2ncccc2Cl)ccc1CO. The fourth-order valence-electron chi connectivity index (χ4n) is 1.47. The van der Waals surface area contributed by atoms with Crippen LogP contribution in [0.5, 0.6) is 0 Å². The van der Waals surface area contributed by atoms with Crippen molar-refractivity contribution >= 4 is 23.4 Å². The standard InChI is InChI=1S/C13H12ClNOS/c1-9-7-11(5-4-10(9)8-16)17-13-12(14)3-2-6-15-13/h2-7,16H,8H2,1H3. The summed E-state index contributed by atoms with van der Waals surface area (Å²) in [4.78, 5) is 5.30. The van der Waals surface area contributed by atoms with Gasteiger partial charge in [0, 0.05) is 11.1 Å². The zero-order valence-electron chi connectivity index (χ0n) is 9.35. The normalized spacial score (nSPS) is 10.5. The van der Waals surface area contributed by atoms with Crippen molar-refractivity contribution in [2.45, 2.75) is 23.5 Å². The Morgan fingerprint density at radius 1 is 1.35 bits per heavy atom. The highest BCUT2D eigenvalue weighted by molar-refractivity contribution is 7.99. The van der Waals surface area contributed by atoms with Gasteiger partial charge in [0.2, 0.25) is 0 Å². The van der Waals surface area contributed by atoms with E-state index in [0.717, 1.165) is 21.0 Å². The van der Waals surface area contributed by atoms with E-state index in [1.165, 1.54) is 11.8 Å². The maximum absolute atomic E-state index is 9.10. The second-order valence-corrected chi connectivity index (χ2v) is 5.11. The van der Waals surface area contributed by atoms with Crippen LogP contribution in [0.4, 0.5) is 0 Å². The predicted molar refractivity (Wildman–Crippen MR) is 70.5 cm³/mol. The number of pyridine rings is 1. The molecule has 0 radical (unpaired) electrons. The molecule has 1 N–H and O–H groups in total. The average Bonchev–Trinajstić information content (AvgIpc) is 2.32. The summed E-state index contributed by atoms with van der Waals surface area (Å²) in [5.74, 6) is 0. The smallest absolute Gasteiger partial charge is 0.119 e. The van der Waals surface area contributed by atoms with Crippen molar-refractivity contribution in [2.75, 3.05) is 0 Å². The van der Waals surface area contributed by atoms with E-state index in [1.807, 2.05) is 37.3 Å². The molecule has 1 aromatic carbocycles. The van der Waals surface area contributed by atoms with Gasteiger partial charge >= 0.3 is 0 Å². The van der Waals surface area contributed by atoms with Gasteiger partial charge in [0.1, 0.15) is 5.03 Å². The molecule has 0 aliphatic heterocycles. The van der Waals surface area contributed by atoms with Crippen molar-refractivity contribution in [1.29, 1.82) is 0 Å². The summed E-state index contributed by atoms with van der Waals surface area (Å²) >= 11 is 7.57. The Morgan fingerprint density at radius 3 is 2.82 bits per heavy atom. The third-order valence-corrected chi connectivity index (χ3v) is 3.85. The molecule has 2 rings (SSSR count). The van der Waals surface area contributed by atoms with Gasteiger partial charge in [0.05, 0.1) is 11.6 Å². The van der Waals surface area contributed by atoms with Crippen LogP contribution in [-0.2, 0) is 6.61 Å². The van der Waals surface area contributed by atoms with Gasteiger partial charge in [-0.25, -0.2) is 4.98 Å². The van der Waals surface area contributed by atoms with E-state index in [9.17, 15) is 0 Å². The fourth-order valence-corrected chi connectivity index (χ4v) is 2.58. The fraction of sp³-hybridized carbons (Fsp3) is 0.154. The van der Waals surface area contributed by atoms with Crippen LogP contribution in [0.15, 0.2) is 46.5 Å². The number of nitrogens with zero attached hydrogens (tertiary/aromatic N) is 1. The van der Waals surface area contributed by atoms with Gasteiger partial charge in [-0.05, 0) is 42.3 Å². The number of benzene rings is 1. The summed E-state index contributed by atoms with van der Waals surface area (Å²) in [5.41, 5.74) is 2.02. The molecule has 17 heavy (non-hydrogen) atoms. The van der Waals surface area contributed by atoms with Gasteiger partial charge in [-0.3, -0.25) is 0 Å². The molecule has 0 aliphatic carbocycles. The minimum atomic E-state index is 0.0706. The molecule has 1 aromatic heterocycles. The van der Waals surface area contributed by atoms with Crippen molar-refractivity contribution in [3.8, 4) is 0 Å². The number of halogens is 1. The van der Waals surface area contributed by atoms with Gasteiger partial charge in [0.25, 0.3) is 0 Å². The lowest BCUT2D eigenvalue weighted by Crippen LogP contribution is -1.88. The molecule has 1 heterocycles. The first kappa shape index (κ1) is 12.4. The molecule has 0 unspecified atom stereocenters. The number of aliphatic hydroxyl groups excluding tert-OH is 1. The third-order valence-electron chi connectivity index (χ3n) is 2.42. The van der Waals surface area contributed by atoms with Gasteiger partial charge in [-0.2, -0.15) is 0 Å². The van der Waals surface area contributed by atoms with E-state index >= 15 is 0 Å². The summed E-state index contributed by atoms with van der Waals surface area (Å²) in [6.45, 7) is 2.05. The number of hydrogen-bond donors (Lipinski definition) is 1. The lowest BCUT2D eigenvalue weighted by Gasteiger charge is -2.06. The zero-order chi connectivity index (χ0) is 12.3. The topological polar surface area (TPSA) is 33.1 Å². The van der Waals surface area contributed by atoms with E-state index in [2.05, 4.69) is 4.98 Å². The molecule has 0 saturated carbocycles. The van der Waals surface area contributed by atoms with Crippen LogP contribution < -0.4 is 0 Å². The highest BCUT2D eigenvalue weighted by Crippen LogP contribution is 2.32. The van der Waals surface area contributed by atoms with Crippen molar-refractivity contribution in [3.63, 3.8) is 0 Å². The van der Waals surface area contributed by atoms with E-state index < -0.39 is 0 Å². The van der Waals surface area contributed by atoms with E-state index in [0.29, 0.717) is 5.02 Å². The van der Waals surface area contributed by atoms with E-state index in [1.54, 1.807) is 6.20 Å². The van der Waals surface area contributed by atoms with Crippen LogP contribution >= 0.6 is 23.4 Å². The maximum atomic E-state index is 9.10. The highest BCUT2D eigenvalue weighted by Gasteiger charge is 2.05. The Hall–Kier alpha value is -1.03. The maximum Gasteiger partial charge on any atom is 0.119 e. The van der Waals surface area contributed by atoms with Crippen molar-refractivity contribution in [3.05, 3.63) is 52.7 Å². The zero-order valence-corrected chi connectivity index (χ0v) is 10.9. The Morgan fingerprint density at radius 2 is 2.18 bits per heavy atom. The molecule has 0 bridgehead atoms. The summed E-state index contributed by atoms with van der Waals surface area (Å²) in [5, 5.41) is 10.6. The number of aromatic nitrogens is 1. The summed E-state index contributed by atoms with van der Waals surface area (Å²) < 4.78 is 0. The van der Waals surface area contributed by atoms with Gasteiger partial charge in [-0.15, -0.1) is 0 Å². The van der Waals surface area contributed by atoms with Gasteiger partial charge in [0.15, 0.2) is 0 Å². The number of aliphatic hydroxyl groups is 1. The van der Waals surface area contributed by atoms with Crippen LogP contribution in [-0.4, -0.2) is 10.1 Å².